The number of aromatic nitrogens is 4. The molecule has 7 heterocycles. The lowest BCUT2D eigenvalue weighted by Gasteiger charge is -2.39. The Labute approximate surface area is 358 Å². The van der Waals surface area contributed by atoms with E-state index in [1.165, 1.54) is 23.7 Å². The van der Waals surface area contributed by atoms with Gasteiger partial charge in [-0.05, 0) is 75.1 Å². The van der Waals surface area contributed by atoms with Crippen molar-refractivity contribution < 1.29 is 32.0 Å². The summed E-state index contributed by atoms with van der Waals surface area (Å²) >= 11 is 1.43. The van der Waals surface area contributed by atoms with E-state index in [9.17, 15) is 27.6 Å². The summed E-state index contributed by atoms with van der Waals surface area (Å²) in [6.07, 6.45) is 9.69. The summed E-state index contributed by atoms with van der Waals surface area (Å²) in [6, 6.07) is 10.2. The highest BCUT2D eigenvalue weighted by Gasteiger charge is 2.37. The van der Waals surface area contributed by atoms with Crippen LogP contribution in [0.3, 0.4) is 0 Å². The Morgan fingerprint density at radius 1 is 0.902 bits per heavy atom. The van der Waals surface area contributed by atoms with Crippen molar-refractivity contribution in [2.75, 3.05) is 44.2 Å². The highest BCUT2D eigenvalue weighted by atomic mass is 32.2. The van der Waals surface area contributed by atoms with Crippen molar-refractivity contribution in [3.05, 3.63) is 77.1 Å². The standard InChI is InChI=1S/C43H50FN9O6S2/c1-2-34(61(45,58)59)31-4-3-5-32(37(31)44)38-39(33-10-17-46-25-48-33)60-41(50-38)26-11-20-52(21-12-26)43(57)28-15-22-53(23-16-28)42(56)27-13-18-51(19-14-27)35-8-6-29(24-47-35)30-7-9-36(54)49-40(30)55/h3-6,8,10,17,24-28,30,34H,2,7,9,11-16,18-23H2,1H3,(H2,45,58,59)(H,49,54,55). The zero-order valence-electron chi connectivity index (χ0n) is 34.0. The Hall–Kier alpha value is -5.20. The van der Waals surface area contributed by atoms with Crippen LogP contribution in [0.25, 0.3) is 21.8 Å². The monoisotopic (exact) mass is 871 g/mol. The number of carbonyl (C=O) groups excluding carboxylic acids is 4. The molecule has 4 saturated heterocycles. The topological polar surface area (TPSA) is 202 Å². The van der Waals surface area contributed by atoms with Crippen molar-refractivity contribution in [3.8, 4) is 21.8 Å². The molecule has 4 aromatic rings. The molecule has 322 valence electrons. The summed E-state index contributed by atoms with van der Waals surface area (Å²) in [7, 11) is -4.06. The van der Waals surface area contributed by atoms with Gasteiger partial charge in [-0.2, -0.15) is 0 Å². The first-order chi connectivity index (χ1) is 29.4. The number of likely N-dealkylation sites (tertiary alicyclic amines) is 2. The first-order valence-corrected chi connectivity index (χ1v) is 23.5. The lowest BCUT2D eigenvalue weighted by Crippen LogP contribution is -2.48. The van der Waals surface area contributed by atoms with Crippen LogP contribution in [-0.4, -0.2) is 101 Å². The van der Waals surface area contributed by atoms with Crippen LogP contribution in [-0.2, 0) is 29.2 Å². The molecule has 0 saturated carbocycles. The van der Waals surface area contributed by atoms with Crippen LogP contribution in [0.1, 0.15) is 97.9 Å². The average molecular weight is 872 g/mol. The van der Waals surface area contributed by atoms with E-state index in [0.717, 1.165) is 16.4 Å². The van der Waals surface area contributed by atoms with E-state index >= 15 is 4.39 Å². The minimum Gasteiger partial charge on any atom is -0.357 e. The number of pyridine rings is 1. The Kier molecular flexibility index (Phi) is 12.6. The first kappa shape index (κ1) is 42.5. The zero-order valence-corrected chi connectivity index (χ0v) is 35.7. The van der Waals surface area contributed by atoms with Gasteiger partial charge in [-0.3, -0.25) is 24.5 Å². The summed E-state index contributed by atoms with van der Waals surface area (Å²) in [5, 5.41) is 7.49. The molecule has 3 aromatic heterocycles. The van der Waals surface area contributed by atoms with E-state index in [-0.39, 0.29) is 64.8 Å². The maximum atomic E-state index is 16.2. The number of piperidine rings is 4. The Morgan fingerprint density at radius 2 is 1.57 bits per heavy atom. The SMILES string of the molecule is CCC(c1cccc(-c2nc(C3CCN(C(=O)C4CCN(C(=O)C5CCN(c6ccc(C7CCC(=O)NC7=O)cn6)CC5)CC4)CC3)sc2-c2ccncn2)c1F)S(N)(=O)=O. The average Bonchev–Trinajstić information content (AvgIpc) is 3.72. The van der Waals surface area contributed by atoms with Gasteiger partial charge in [-0.1, -0.05) is 25.1 Å². The van der Waals surface area contributed by atoms with Crippen molar-refractivity contribution in [1.29, 1.82) is 0 Å². The minimum atomic E-state index is -4.06. The number of benzene rings is 1. The number of halogens is 1. The molecular weight excluding hydrogens is 822 g/mol. The first-order valence-electron chi connectivity index (χ1n) is 21.1. The molecule has 2 atom stereocenters. The molecule has 3 N–H and O–H groups in total. The lowest BCUT2D eigenvalue weighted by atomic mass is 9.90. The minimum absolute atomic E-state index is 0.000341. The third kappa shape index (κ3) is 9.07. The van der Waals surface area contributed by atoms with Crippen molar-refractivity contribution in [2.45, 2.75) is 81.8 Å². The number of thiazole rings is 1. The summed E-state index contributed by atoms with van der Waals surface area (Å²) in [5.41, 5.74) is 1.92. The van der Waals surface area contributed by atoms with Gasteiger partial charge < -0.3 is 14.7 Å². The highest BCUT2D eigenvalue weighted by molar-refractivity contribution is 7.89. The Bertz CT molecular complexity index is 2380. The summed E-state index contributed by atoms with van der Waals surface area (Å²) in [5.74, 6) is -0.706. The Morgan fingerprint density at radius 3 is 2.16 bits per heavy atom. The smallest absolute Gasteiger partial charge is 0.234 e. The summed E-state index contributed by atoms with van der Waals surface area (Å²) in [4.78, 5) is 75.9. The number of amides is 4. The fourth-order valence-electron chi connectivity index (χ4n) is 9.27. The van der Waals surface area contributed by atoms with Crippen LogP contribution in [0, 0.1) is 17.7 Å². The van der Waals surface area contributed by atoms with Gasteiger partial charge in [-0.15, -0.1) is 11.3 Å². The number of anilines is 1. The van der Waals surface area contributed by atoms with Crippen LogP contribution >= 0.6 is 11.3 Å². The third-order valence-corrected chi connectivity index (χ3v) is 15.4. The molecule has 0 aliphatic carbocycles. The molecule has 8 rings (SSSR count). The number of primary sulfonamides is 1. The zero-order chi connectivity index (χ0) is 42.8. The number of nitrogens with zero attached hydrogens (tertiary/aromatic N) is 7. The number of hydrogen-bond donors (Lipinski definition) is 2. The second-order valence-electron chi connectivity index (χ2n) is 16.4. The van der Waals surface area contributed by atoms with E-state index in [2.05, 4.69) is 25.2 Å². The number of sulfonamides is 1. The van der Waals surface area contributed by atoms with E-state index < -0.39 is 21.1 Å². The predicted octanol–water partition coefficient (Wildman–Crippen LogP) is 4.92. The van der Waals surface area contributed by atoms with Crippen molar-refractivity contribution in [1.82, 2.24) is 35.1 Å². The van der Waals surface area contributed by atoms with Crippen LogP contribution in [0.4, 0.5) is 10.2 Å². The molecule has 1 aromatic carbocycles. The summed E-state index contributed by atoms with van der Waals surface area (Å²) in [6.45, 7) is 5.27. The molecule has 2 unspecified atom stereocenters. The van der Waals surface area contributed by atoms with Crippen LogP contribution in [0.5, 0.6) is 0 Å². The van der Waals surface area contributed by atoms with Gasteiger partial charge in [0, 0.05) is 87.0 Å². The Balaban J connectivity index is 0.843. The maximum absolute atomic E-state index is 16.2. The van der Waals surface area contributed by atoms with E-state index in [1.807, 2.05) is 21.9 Å². The molecule has 4 amide bonds. The molecule has 61 heavy (non-hydrogen) atoms. The second kappa shape index (κ2) is 18.0. The van der Waals surface area contributed by atoms with Crippen molar-refractivity contribution in [2.24, 2.45) is 17.0 Å². The number of nitrogens with two attached hydrogens (primary N) is 1. The van der Waals surface area contributed by atoms with E-state index in [1.54, 1.807) is 37.5 Å². The molecule has 15 nitrogen and oxygen atoms in total. The molecule has 0 radical (unpaired) electrons. The van der Waals surface area contributed by atoms with Crippen LogP contribution < -0.4 is 15.4 Å². The quantitative estimate of drug-likeness (QED) is 0.205. The third-order valence-electron chi connectivity index (χ3n) is 12.7. The molecule has 0 spiro atoms. The second-order valence-corrected chi connectivity index (χ2v) is 19.2. The largest absolute Gasteiger partial charge is 0.357 e. The maximum Gasteiger partial charge on any atom is 0.234 e. The molecule has 4 aliphatic heterocycles. The van der Waals surface area contributed by atoms with Crippen molar-refractivity contribution >= 4 is 50.8 Å². The van der Waals surface area contributed by atoms with Crippen LogP contribution in [0.2, 0.25) is 0 Å². The number of hydrogen-bond acceptors (Lipinski definition) is 12. The fourth-order valence-corrected chi connectivity index (χ4v) is 11.5. The molecule has 0 bridgehead atoms. The number of carbonyl (C=O) groups is 4. The normalized spacial score (nSPS) is 20.4. The molecule has 4 aliphatic rings. The van der Waals surface area contributed by atoms with Gasteiger partial charge in [0.05, 0.1) is 27.2 Å². The van der Waals surface area contributed by atoms with Gasteiger partial charge in [0.1, 0.15) is 23.2 Å². The fraction of sp³-hybridized carbons (Fsp3) is 0.488. The highest BCUT2D eigenvalue weighted by Crippen LogP contribution is 2.43. The van der Waals surface area contributed by atoms with Gasteiger partial charge in [0.2, 0.25) is 33.7 Å². The van der Waals surface area contributed by atoms with Gasteiger partial charge in [0.15, 0.2) is 0 Å². The summed E-state index contributed by atoms with van der Waals surface area (Å²) < 4.78 is 40.9. The predicted molar refractivity (Wildman–Crippen MR) is 227 cm³/mol. The van der Waals surface area contributed by atoms with E-state index in [0.29, 0.717) is 107 Å². The number of rotatable bonds is 10. The molecular formula is C43H50FN9O6S2. The number of imide groups is 1. The van der Waals surface area contributed by atoms with Crippen LogP contribution in [0.15, 0.2) is 55.1 Å². The van der Waals surface area contributed by atoms with Gasteiger partial charge in [0.25, 0.3) is 0 Å². The molecule has 18 heteroatoms. The van der Waals surface area contributed by atoms with Gasteiger partial charge in [-0.25, -0.2) is 37.9 Å². The van der Waals surface area contributed by atoms with Gasteiger partial charge >= 0.3 is 0 Å². The number of nitrogens with one attached hydrogen (secondary N) is 1. The van der Waals surface area contributed by atoms with Crippen molar-refractivity contribution in [3.63, 3.8) is 0 Å². The van der Waals surface area contributed by atoms with E-state index in [4.69, 9.17) is 10.1 Å². The lowest BCUT2D eigenvalue weighted by molar-refractivity contribution is -0.143. The molecule has 4 fully saturated rings.